The van der Waals surface area contributed by atoms with E-state index in [0.29, 0.717) is 10.9 Å². The monoisotopic (exact) mass is 294 g/mol. The smallest absolute Gasteiger partial charge is 0.222 e. The number of halogens is 2. The maximum atomic E-state index is 13.6. The second kappa shape index (κ2) is 4.76. The SMILES string of the molecule is [2H]C([2H])([2H])n1c(-c2cc(F)cnc2OC)cc2cc(Cl)ncc21. The summed E-state index contributed by atoms with van der Waals surface area (Å²) in [5.74, 6) is -0.474. The predicted molar refractivity (Wildman–Crippen MR) is 75.5 cm³/mol. The number of ether oxygens (including phenoxy) is 1. The highest BCUT2D eigenvalue weighted by Gasteiger charge is 2.14. The Morgan fingerprint density at radius 1 is 1.30 bits per heavy atom. The van der Waals surface area contributed by atoms with Crippen LogP contribution in [0.25, 0.3) is 22.2 Å². The van der Waals surface area contributed by atoms with Crippen LogP contribution in [0.1, 0.15) is 4.11 Å². The highest BCUT2D eigenvalue weighted by molar-refractivity contribution is 6.30. The number of pyridine rings is 2. The molecular formula is C14H11ClFN3O. The van der Waals surface area contributed by atoms with Crippen molar-refractivity contribution in [2.75, 3.05) is 7.11 Å². The first-order valence-corrected chi connectivity index (χ1v) is 6.06. The Morgan fingerprint density at radius 2 is 2.15 bits per heavy atom. The van der Waals surface area contributed by atoms with Crippen LogP contribution in [-0.4, -0.2) is 21.6 Å². The number of methoxy groups -OCH3 is 1. The van der Waals surface area contributed by atoms with Gasteiger partial charge in [0.05, 0.1) is 36.3 Å². The molecule has 3 rings (SSSR count). The van der Waals surface area contributed by atoms with Crippen molar-refractivity contribution in [3.63, 3.8) is 0 Å². The van der Waals surface area contributed by atoms with Crippen LogP contribution < -0.4 is 4.74 Å². The molecule has 0 aromatic carbocycles. The molecule has 6 heteroatoms. The number of hydrogen-bond acceptors (Lipinski definition) is 3. The maximum absolute atomic E-state index is 13.6. The van der Waals surface area contributed by atoms with Crippen molar-refractivity contribution in [1.82, 2.24) is 14.5 Å². The molecule has 3 aromatic heterocycles. The Hall–Kier alpha value is -2.14. The minimum Gasteiger partial charge on any atom is -0.481 e. The van der Waals surface area contributed by atoms with Gasteiger partial charge in [-0.1, -0.05) is 11.6 Å². The van der Waals surface area contributed by atoms with Gasteiger partial charge < -0.3 is 9.30 Å². The Kier molecular flexibility index (Phi) is 2.31. The summed E-state index contributed by atoms with van der Waals surface area (Å²) in [4.78, 5) is 7.77. The van der Waals surface area contributed by atoms with Crippen LogP contribution in [0.3, 0.4) is 0 Å². The molecule has 0 unspecified atom stereocenters. The van der Waals surface area contributed by atoms with Crippen LogP contribution in [-0.2, 0) is 6.98 Å². The summed E-state index contributed by atoms with van der Waals surface area (Å²) >= 11 is 5.87. The van der Waals surface area contributed by atoms with Crippen molar-refractivity contribution in [2.24, 2.45) is 6.98 Å². The molecule has 0 saturated carbocycles. The van der Waals surface area contributed by atoms with E-state index < -0.39 is 12.8 Å². The number of aryl methyl sites for hydroxylation is 1. The summed E-state index contributed by atoms with van der Waals surface area (Å²) in [5.41, 5.74) is 0.833. The first kappa shape index (κ1) is 9.72. The molecule has 3 aromatic rings. The van der Waals surface area contributed by atoms with E-state index in [1.807, 2.05) is 0 Å². The third-order valence-electron chi connectivity index (χ3n) is 2.94. The third kappa shape index (κ3) is 2.00. The fourth-order valence-corrected chi connectivity index (χ4v) is 2.22. The summed E-state index contributed by atoms with van der Waals surface area (Å²) in [6.07, 6.45) is 2.37. The van der Waals surface area contributed by atoms with Crippen LogP contribution in [0.4, 0.5) is 4.39 Å². The number of rotatable bonds is 2. The zero-order valence-corrected chi connectivity index (χ0v) is 11.1. The van der Waals surface area contributed by atoms with E-state index in [0.717, 1.165) is 10.8 Å². The van der Waals surface area contributed by atoms with Gasteiger partial charge in [0.2, 0.25) is 5.88 Å². The lowest BCUT2D eigenvalue weighted by Gasteiger charge is -2.08. The highest BCUT2D eigenvalue weighted by atomic mass is 35.5. The van der Waals surface area contributed by atoms with Crippen molar-refractivity contribution in [3.8, 4) is 17.1 Å². The topological polar surface area (TPSA) is 39.9 Å². The zero-order chi connectivity index (χ0) is 16.8. The number of nitrogens with zero attached hydrogens (tertiary/aromatic N) is 3. The molecule has 0 bridgehead atoms. The second-order valence-electron chi connectivity index (χ2n) is 4.14. The first-order chi connectivity index (χ1) is 10.8. The van der Waals surface area contributed by atoms with Gasteiger partial charge >= 0.3 is 0 Å². The zero-order valence-electron chi connectivity index (χ0n) is 13.4. The molecule has 0 saturated heterocycles. The van der Waals surface area contributed by atoms with Gasteiger partial charge in [0.25, 0.3) is 0 Å². The molecule has 0 fully saturated rings. The second-order valence-corrected chi connectivity index (χ2v) is 4.53. The Morgan fingerprint density at radius 3 is 2.90 bits per heavy atom. The van der Waals surface area contributed by atoms with Gasteiger partial charge in [-0.3, -0.25) is 0 Å². The van der Waals surface area contributed by atoms with Gasteiger partial charge in [-0.25, -0.2) is 14.4 Å². The molecule has 0 atom stereocenters. The lowest BCUT2D eigenvalue weighted by atomic mass is 10.2. The highest BCUT2D eigenvalue weighted by Crippen LogP contribution is 2.33. The molecule has 102 valence electrons. The molecule has 3 heterocycles. The Balaban J connectivity index is 2.40. The van der Waals surface area contributed by atoms with E-state index in [-0.39, 0.29) is 22.3 Å². The molecule has 0 aliphatic carbocycles. The van der Waals surface area contributed by atoms with Crippen molar-refractivity contribution in [3.05, 3.63) is 41.6 Å². The molecule has 0 aliphatic rings. The summed E-state index contributed by atoms with van der Waals surface area (Å²) < 4.78 is 43.2. The fourth-order valence-electron chi connectivity index (χ4n) is 2.05. The molecule has 0 aliphatic heterocycles. The molecule has 20 heavy (non-hydrogen) atoms. The Bertz CT molecular complexity index is 895. The molecular weight excluding hydrogens is 281 g/mol. The van der Waals surface area contributed by atoms with Crippen LogP contribution in [0.2, 0.25) is 5.15 Å². The van der Waals surface area contributed by atoms with Gasteiger partial charge in [0.1, 0.15) is 11.0 Å². The molecule has 0 radical (unpaired) electrons. The number of fused-ring (bicyclic) bond motifs is 1. The van der Waals surface area contributed by atoms with E-state index in [1.165, 1.54) is 19.4 Å². The number of hydrogen-bond donors (Lipinski definition) is 0. The van der Waals surface area contributed by atoms with E-state index in [2.05, 4.69) is 9.97 Å². The average molecular weight is 295 g/mol. The quantitative estimate of drug-likeness (QED) is 0.680. The molecule has 4 nitrogen and oxygen atoms in total. The average Bonchev–Trinajstić information content (AvgIpc) is 2.85. The summed E-state index contributed by atoms with van der Waals surface area (Å²) in [6.45, 7) is -2.50. The summed E-state index contributed by atoms with van der Waals surface area (Å²) in [5, 5.41) is 0.804. The summed E-state index contributed by atoms with van der Waals surface area (Å²) in [7, 11) is 1.38. The molecule has 0 amide bonds. The van der Waals surface area contributed by atoms with Gasteiger partial charge in [0, 0.05) is 16.5 Å². The summed E-state index contributed by atoms with van der Waals surface area (Å²) in [6, 6.07) is 4.31. The van der Waals surface area contributed by atoms with Crippen LogP contribution in [0, 0.1) is 5.82 Å². The minimum absolute atomic E-state index is 0.124. The Labute approximate surface area is 124 Å². The van der Waals surface area contributed by atoms with Crippen LogP contribution >= 0.6 is 11.6 Å². The van der Waals surface area contributed by atoms with E-state index in [9.17, 15) is 4.39 Å². The van der Waals surface area contributed by atoms with Gasteiger partial charge in [-0.15, -0.1) is 0 Å². The van der Waals surface area contributed by atoms with E-state index >= 15 is 0 Å². The van der Waals surface area contributed by atoms with E-state index in [4.69, 9.17) is 20.5 Å². The van der Waals surface area contributed by atoms with Crippen molar-refractivity contribution >= 4 is 22.5 Å². The predicted octanol–water partition coefficient (Wildman–Crippen LogP) is 3.44. The first-order valence-electron chi connectivity index (χ1n) is 7.18. The van der Waals surface area contributed by atoms with Crippen LogP contribution in [0.15, 0.2) is 30.6 Å². The van der Waals surface area contributed by atoms with Crippen LogP contribution in [0.5, 0.6) is 5.88 Å². The third-order valence-corrected chi connectivity index (χ3v) is 3.15. The van der Waals surface area contributed by atoms with Gasteiger partial charge in [-0.2, -0.15) is 0 Å². The number of aromatic nitrogens is 3. The van der Waals surface area contributed by atoms with Gasteiger partial charge in [0.15, 0.2) is 0 Å². The van der Waals surface area contributed by atoms with Crippen molar-refractivity contribution in [2.45, 2.75) is 0 Å². The fraction of sp³-hybridized carbons (Fsp3) is 0.143. The normalized spacial score (nSPS) is 13.8. The lowest BCUT2D eigenvalue weighted by molar-refractivity contribution is 0.397. The van der Waals surface area contributed by atoms with Gasteiger partial charge in [-0.05, 0) is 18.2 Å². The van der Waals surface area contributed by atoms with Crippen molar-refractivity contribution in [1.29, 1.82) is 0 Å². The largest absolute Gasteiger partial charge is 0.481 e. The lowest BCUT2D eigenvalue weighted by Crippen LogP contribution is -1.97. The molecule has 0 N–H and O–H groups in total. The van der Waals surface area contributed by atoms with E-state index in [1.54, 1.807) is 12.1 Å². The maximum Gasteiger partial charge on any atom is 0.222 e. The minimum atomic E-state index is -2.50. The van der Waals surface area contributed by atoms with Crippen molar-refractivity contribution < 1.29 is 13.2 Å². The molecule has 0 spiro atoms. The standard InChI is InChI=1S/C14H11ClFN3O/c1-19-11(3-8-4-13(15)17-7-12(8)19)10-5-9(16)6-18-14(10)20-2/h3-7H,1-2H3/i1D3.